The van der Waals surface area contributed by atoms with Gasteiger partial charge in [-0.25, -0.2) is 4.98 Å². The molecule has 3 rings (SSSR count). The van der Waals surface area contributed by atoms with E-state index in [4.69, 9.17) is 0 Å². The zero-order valence-corrected chi connectivity index (χ0v) is 17.6. The molecule has 1 heterocycles. The van der Waals surface area contributed by atoms with Gasteiger partial charge in [-0.05, 0) is 37.5 Å². The lowest BCUT2D eigenvalue weighted by Crippen LogP contribution is -2.31. The van der Waals surface area contributed by atoms with Crippen molar-refractivity contribution in [1.29, 1.82) is 0 Å². The van der Waals surface area contributed by atoms with Crippen LogP contribution in [0.25, 0.3) is 10.9 Å². The largest absolute Gasteiger partial charge is 0.342 e. The molecule has 0 radical (unpaired) electrons. The maximum absolute atomic E-state index is 13.0. The van der Waals surface area contributed by atoms with E-state index < -0.39 is 0 Å². The van der Waals surface area contributed by atoms with E-state index in [0.717, 1.165) is 36.6 Å². The molecule has 1 aliphatic carbocycles. The van der Waals surface area contributed by atoms with Gasteiger partial charge in [0.15, 0.2) is 5.16 Å². The van der Waals surface area contributed by atoms with Gasteiger partial charge in [0.1, 0.15) is 0 Å². The molecular weight excluding hydrogens is 414 g/mol. The van der Waals surface area contributed by atoms with Gasteiger partial charge in [0.25, 0.3) is 5.56 Å². The van der Waals surface area contributed by atoms with Crippen molar-refractivity contribution in [3.63, 3.8) is 0 Å². The van der Waals surface area contributed by atoms with E-state index in [9.17, 15) is 9.59 Å². The summed E-state index contributed by atoms with van der Waals surface area (Å²) in [6.07, 6.45) is 5.28. The number of fused-ring (bicyclic) bond motifs is 1. The van der Waals surface area contributed by atoms with Gasteiger partial charge in [0.05, 0.1) is 16.7 Å². The Morgan fingerprint density at radius 1 is 1.38 bits per heavy atom. The smallest absolute Gasteiger partial charge is 0.262 e. The van der Waals surface area contributed by atoms with Crippen molar-refractivity contribution in [2.45, 2.75) is 56.8 Å². The molecule has 7 heteroatoms. The van der Waals surface area contributed by atoms with Crippen molar-refractivity contribution in [2.75, 3.05) is 12.8 Å². The Bertz CT molecular complexity index is 864. The molecule has 1 saturated carbocycles. The van der Waals surface area contributed by atoms with E-state index in [1.165, 1.54) is 11.8 Å². The van der Waals surface area contributed by atoms with Gasteiger partial charge >= 0.3 is 0 Å². The number of hydrogen-bond donors (Lipinski definition) is 0. The molecule has 0 saturated heterocycles. The summed E-state index contributed by atoms with van der Waals surface area (Å²) in [5.74, 6) is 0.415. The summed E-state index contributed by atoms with van der Waals surface area (Å²) in [6, 6.07) is 5.95. The molecule has 1 amide bonds. The third-order valence-corrected chi connectivity index (χ3v) is 6.13. The number of nitrogens with zero attached hydrogens (tertiary/aromatic N) is 3. The summed E-state index contributed by atoms with van der Waals surface area (Å²) in [6.45, 7) is 2.78. The molecule has 1 aromatic heterocycles. The number of aromatic nitrogens is 2. The predicted octanol–water partition coefficient (Wildman–Crippen LogP) is 4.06. The number of benzene rings is 1. The Morgan fingerprint density at radius 3 is 2.85 bits per heavy atom. The van der Waals surface area contributed by atoms with Crippen molar-refractivity contribution >= 4 is 44.5 Å². The van der Waals surface area contributed by atoms with Crippen LogP contribution in [0.5, 0.6) is 0 Å². The molecule has 0 bridgehead atoms. The Labute approximate surface area is 166 Å². The zero-order valence-electron chi connectivity index (χ0n) is 15.2. The second-order valence-electron chi connectivity index (χ2n) is 6.74. The molecule has 0 atom stereocenters. The zero-order chi connectivity index (χ0) is 18.7. The number of amides is 1. The maximum atomic E-state index is 13.0. The molecular formula is C19H24BrN3O2S. The number of carbonyl (C=O) groups is 1. The Hall–Kier alpha value is -1.34. The minimum atomic E-state index is -0.0297. The molecule has 1 fully saturated rings. The van der Waals surface area contributed by atoms with Crippen LogP contribution in [0.3, 0.4) is 0 Å². The summed E-state index contributed by atoms with van der Waals surface area (Å²) >= 11 is 4.80. The first kappa shape index (κ1) is 19.4. The highest BCUT2D eigenvalue weighted by atomic mass is 79.9. The van der Waals surface area contributed by atoms with Gasteiger partial charge in [0.2, 0.25) is 5.91 Å². The fourth-order valence-corrected chi connectivity index (χ4v) is 4.20. The van der Waals surface area contributed by atoms with Crippen LogP contribution in [0.15, 0.2) is 32.6 Å². The van der Waals surface area contributed by atoms with Gasteiger partial charge in [-0.3, -0.25) is 14.2 Å². The van der Waals surface area contributed by atoms with Crippen LogP contribution >= 0.6 is 27.7 Å². The van der Waals surface area contributed by atoms with Crippen molar-refractivity contribution in [1.82, 2.24) is 14.5 Å². The van der Waals surface area contributed by atoms with Crippen LogP contribution < -0.4 is 5.56 Å². The fourth-order valence-electron chi connectivity index (χ4n) is 2.89. The molecule has 1 aromatic carbocycles. The van der Waals surface area contributed by atoms with E-state index in [-0.39, 0.29) is 11.5 Å². The predicted molar refractivity (Wildman–Crippen MR) is 110 cm³/mol. The van der Waals surface area contributed by atoms with Gasteiger partial charge < -0.3 is 4.90 Å². The molecule has 0 aliphatic heterocycles. The Balaban J connectivity index is 1.87. The van der Waals surface area contributed by atoms with Gasteiger partial charge in [-0.15, -0.1) is 0 Å². The number of thioether (sulfide) groups is 1. The number of rotatable bonds is 8. The monoisotopic (exact) mass is 437 g/mol. The SMILES string of the molecule is CCCCCn1c(SCC(=O)N(C)C2CC2)nc2ccc(Br)cc2c1=O. The van der Waals surface area contributed by atoms with Crippen LogP contribution in [0.4, 0.5) is 0 Å². The summed E-state index contributed by atoms with van der Waals surface area (Å²) in [5.41, 5.74) is 0.647. The standard InChI is InChI=1S/C19H24BrN3O2S/c1-3-4-5-10-23-18(25)15-11-13(20)6-9-16(15)21-19(23)26-12-17(24)22(2)14-7-8-14/h6,9,11,14H,3-5,7-8,10,12H2,1-2H3. The first-order valence-electron chi connectivity index (χ1n) is 9.09. The molecule has 140 valence electrons. The van der Waals surface area contributed by atoms with Gasteiger partial charge in [-0.2, -0.15) is 0 Å². The summed E-state index contributed by atoms with van der Waals surface area (Å²) in [5, 5.41) is 1.25. The molecule has 1 aliphatic rings. The number of carbonyl (C=O) groups excluding carboxylic acids is 1. The van der Waals surface area contributed by atoms with Crippen molar-refractivity contribution < 1.29 is 4.79 Å². The van der Waals surface area contributed by atoms with E-state index in [1.807, 2.05) is 30.1 Å². The van der Waals surface area contributed by atoms with Crippen molar-refractivity contribution in [3.05, 3.63) is 33.0 Å². The van der Waals surface area contributed by atoms with E-state index in [0.29, 0.717) is 34.4 Å². The third kappa shape index (κ3) is 4.49. The average Bonchev–Trinajstić information content (AvgIpc) is 3.47. The molecule has 2 aromatic rings. The number of unbranched alkanes of at least 4 members (excludes halogenated alkanes) is 2. The summed E-state index contributed by atoms with van der Waals surface area (Å²) in [4.78, 5) is 31.8. The molecule has 26 heavy (non-hydrogen) atoms. The highest BCUT2D eigenvalue weighted by Gasteiger charge is 2.29. The second-order valence-corrected chi connectivity index (χ2v) is 8.60. The normalized spacial score (nSPS) is 14.0. The first-order chi connectivity index (χ1) is 12.5. The fraction of sp³-hybridized carbons (Fsp3) is 0.526. The average molecular weight is 438 g/mol. The van der Waals surface area contributed by atoms with E-state index >= 15 is 0 Å². The Kier molecular flexibility index (Phi) is 6.40. The van der Waals surface area contributed by atoms with E-state index in [2.05, 4.69) is 27.8 Å². The second kappa shape index (κ2) is 8.57. The summed E-state index contributed by atoms with van der Waals surface area (Å²) in [7, 11) is 1.86. The van der Waals surface area contributed by atoms with E-state index in [1.54, 1.807) is 4.57 Å². The Morgan fingerprint density at radius 2 is 2.15 bits per heavy atom. The van der Waals surface area contributed by atoms with Crippen molar-refractivity contribution in [3.8, 4) is 0 Å². The minimum absolute atomic E-state index is 0.0297. The minimum Gasteiger partial charge on any atom is -0.342 e. The first-order valence-corrected chi connectivity index (χ1v) is 10.9. The summed E-state index contributed by atoms with van der Waals surface area (Å²) < 4.78 is 2.60. The topological polar surface area (TPSA) is 55.2 Å². The van der Waals surface area contributed by atoms with Crippen molar-refractivity contribution in [2.24, 2.45) is 0 Å². The molecule has 0 spiro atoms. The van der Waals surface area contributed by atoms with Gasteiger partial charge in [-0.1, -0.05) is 47.5 Å². The lowest BCUT2D eigenvalue weighted by molar-refractivity contribution is -0.127. The quantitative estimate of drug-likeness (QED) is 0.354. The van der Waals surface area contributed by atoms with Crippen LogP contribution in [0.1, 0.15) is 39.0 Å². The highest BCUT2D eigenvalue weighted by molar-refractivity contribution is 9.10. The molecule has 0 N–H and O–H groups in total. The van der Waals surface area contributed by atoms with Gasteiger partial charge in [0, 0.05) is 24.1 Å². The molecule has 0 unspecified atom stereocenters. The molecule has 5 nitrogen and oxygen atoms in total. The maximum Gasteiger partial charge on any atom is 0.262 e. The lowest BCUT2D eigenvalue weighted by Gasteiger charge is -2.17. The third-order valence-electron chi connectivity index (χ3n) is 4.68. The van der Waals surface area contributed by atoms with Crippen LogP contribution in [0.2, 0.25) is 0 Å². The van der Waals surface area contributed by atoms with Crippen LogP contribution in [-0.2, 0) is 11.3 Å². The lowest BCUT2D eigenvalue weighted by atomic mass is 10.2. The van der Waals surface area contributed by atoms with Crippen LogP contribution in [0, 0.1) is 0 Å². The number of halogens is 1. The van der Waals surface area contributed by atoms with Crippen LogP contribution in [-0.4, -0.2) is 39.2 Å². The number of hydrogen-bond acceptors (Lipinski definition) is 4. The highest BCUT2D eigenvalue weighted by Crippen LogP contribution is 2.27.